The van der Waals surface area contributed by atoms with Gasteiger partial charge in [0.05, 0.1) is 5.69 Å². The average molecular weight is 380 g/mol. The lowest BCUT2D eigenvalue weighted by molar-refractivity contribution is -0.114. The lowest BCUT2D eigenvalue weighted by atomic mass is 10.2. The SMILES string of the molecule is CC(=O)Nc1nc2ccc(Oc3cc(NC(=O)O)c(F)cc3F)nc2s1. The van der Waals surface area contributed by atoms with Gasteiger partial charge in [-0.15, -0.1) is 0 Å². The fraction of sp³-hybridized carbons (Fsp3) is 0.0667. The van der Waals surface area contributed by atoms with Gasteiger partial charge in [0.15, 0.2) is 16.7 Å². The van der Waals surface area contributed by atoms with Crippen molar-refractivity contribution >= 4 is 44.5 Å². The van der Waals surface area contributed by atoms with Gasteiger partial charge in [0.25, 0.3) is 0 Å². The highest BCUT2D eigenvalue weighted by molar-refractivity contribution is 7.21. The molecule has 1 aromatic carbocycles. The first kappa shape index (κ1) is 17.5. The summed E-state index contributed by atoms with van der Waals surface area (Å²) in [6.07, 6.45) is -1.50. The number of nitrogens with zero attached hydrogens (tertiary/aromatic N) is 2. The van der Waals surface area contributed by atoms with Gasteiger partial charge in [-0.3, -0.25) is 10.1 Å². The zero-order valence-corrected chi connectivity index (χ0v) is 13.9. The second kappa shape index (κ2) is 6.88. The van der Waals surface area contributed by atoms with E-state index in [2.05, 4.69) is 15.3 Å². The van der Waals surface area contributed by atoms with E-state index in [1.54, 1.807) is 11.4 Å². The second-order valence-corrected chi connectivity index (χ2v) is 5.95. The van der Waals surface area contributed by atoms with Gasteiger partial charge in [-0.05, 0) is 6.07 Å². The number of carbonyl (C=O) groups is 2. The zero-order valence-electron chi connectivity index (χ0n) is 13.0. The molecule has 0 fully saturated rings. The third kappa shape index (κ3) is 3.83. The predicted molar refractivity (Wildman–Crippen MR) is 89.8 cm³/mol. The fourth-order valence-electron chi connectivity index (χ4n) is 1.99. The molecule has 2 amide bonds. The Kier molecular flexibility index (Phi) is 4.63. The normalized spacial score (nSPS) is 10.6. The lowest BCUT2D eigenvalue weighted by Gasteiger charge is -2.09. The van der Waals surface area contributed by atoms with Crippen LogP contribution < -0.4 is 15.4 Å². The number of nitrogens with one attached hydrogen (secondary N) is 2. The summed E-state index contributed by atoms with van der Waals surface area (Å²) in [5.74, 6) is -2.81. The number of amides is 2. The number of aromatic nitrogens is 2. The monoisotopic (exact) mass is 380 g/mol. The third-order valence-corrected chi connectivity index (χ3v) is 3.87. The quantitative estimate of drug-likeness (QED) is 0.634. The summed E-state index contributed by atoms with van der Waals surface area (Å²) >= 11 is 1.09. The van der Waals surface area contributed by atoms with E-state index >= 15 is 0 Å². The molecular formula is C15H10F2N4O4S. The molecule has 2 aromatic heterocycles. The van der Waals surface area contributed by atoms with E-state index in [1.807, 2.05) is 0 Å². The molecule has 0 radical (unpaired) electrons. The molecular weight excluding hydrogens is 370 g/mol. The summed E-state index contributed by atoms with van der Waals surface area (Å²) < 4.78 is 32.7. The molecule has 0 spiro atoms. The highest BCUT2D eigenvalue weighted by Crippen LogP contribution is 2.31. The van der Waals surface area contributed by atoms with Gasteiger partial charge in [0.2, 0.25) is 11.8 Å². The third-order valence-electron chi connectivity index (χ3n) is 2.99. The van der Waals surface area contributed by atoms with Crippen molar-refractivity contribution in [1.82, 2.24) is 9.97 Å². The minimum atomic E-state index is -1.50. The summed E-state index contributed by atoms with van der Waals surface area (Å²) in [6.45, 7) is 1.34. The Balaban J connectivity index is 1.90. The molecule has 0 atom stereocenters. The molecule has 26 heavy (non-hydrogen) atoms. The van der Waals surface area contributed by atoms with Crippen LogP contribution in [0.3, 0.4) is 0 Å². The first-order valence-electron chi connectivity index (χ1n) is 7.04. The van der Waals surface area contributed by atoms with Gasteiger partial charge in [-0.1, -0.05) is 11.3 Å². The maximum Gasteiger partial charge on any atom is 0.409 e. The van der Waals surface area contributed by atoms with E-state index in [0.29, 0.717) is 21.5 Å². The molecule has 0 aliphatic carbocycles. The zero-order chi connectivity index (χ0) is 18.8. The van der Waals surface area contributed by atoms with E-state index in [0.717, 1.165) is 17.4 Å². The molecule has 0 aliphatic heterocycles. The minimum absolute atomic E-state index is 0.0118. The molecule has 3 aromatic rings. The van der Waals surface area contributed by atoms with Gasteiger partial charge in [-0.25, -0.2) is 23.5 Å². The Hall–Kier alpha value is -3.34. The van der Waals surface area contributed by atoms with Gasteiger partial charge in [-0.2, -0.15) is 0 Å². The Morgan fingerprint density at radius 2 is 1.92 bits per heavy atom. The number of hydrogen-bond acceptors (Lipinski definition) is 6. The molecule has 0 unspecified atom stereocenters. The minimum Gasteiger partial charge on any atom is -0.465 e. The van der Waals surface area contributed by atoms with Gasteiger partial charge in [0.1, 0.15) is 16.2 Å². The smallest absolute Gasteiger partial charge is 0.409 e. The summed E-state index contributed by atoms with van der Waals surface area (Å²) in [4.78, 5) is 30.4. The first-order chi connectivity index (χ1) is 12.3. The number of carboxylic acid groups (broad SMARTS) is 1. The van der Waals surface area contributed by atoms with E-state index in [-0.39, 0.29) is 11.8 Å². The lowest BCUT2D eigenvalue weighted by Crippen LogP contribution is -2.09. The molecule has 0 aliphatic rings. The van der Waals surface area contributed by atoms with Crippen molar-refractivity contribution in [3.8, 4) is 11.6 Å². The maximum atomic E-state index is 13.9. The Morgan fingerprint density at radius 3 is 2.62 bits per heavy atom. The molecule has 2 heterocycles. The van der Waals surface area contributed by atoms with Gasteiger partial charge < -0.3 is 15.2 Å². The number of carbonyl (C=O) groups excluding carboxylic acids is 1. The van der Waals surface area contributed by atoms with E-state index in [4.69, 9.17) is 9.84 Å². The fourth-order valence-corrected chi connectivity index (χ4v) is 2.87. The van der Waals surface area contributed by atoms with Crippen LogP contribution in [0.15, 0.2) is 24.3 Å². The Morgan fingerprint density at radius 1 is 1.15 bits per heavy atom. The van der Waals surface area contributed by atoms with Crippen LogP contribution in [0.2, 0.25) is 0 Å². The molecule has 3 rings (SSSR count). The number of halogens is 2. The number of benzene rings is 1. The van der Waals surface area contributed by atoms with Crippen LogP contribution >= 0.6 is 11.3 Å². The van der Waals surface area contributed by atoms with Crippen LogP contribution in [0, 0.1) is 11.6 Å². The molecule has 11 heteroatoms. The molecule has 0 bridgehead atoms. The highest BCUT2D eigenvalue weighted by Gasteiger charge is 2.15. The average Bonchev–Trinajstić information content (AvgIpc) is 2.92. The summed E-state index contributed by atoms with van der Waals surface area (Å²) in [5.41, 5.74) is 0.0413. The summed E-state index contributed by atoms with van der Waals surface area (Å²) in [6, 6.07) is 4.34. The molecule has 0 saturated carbocycles. The molecule has 134 valence electrons. The highest BCUT2D eigenvalue weighted by atomic mass is 32.1. The second-order valence-electron chi connectivity index (χ2n) is 4.97. The topological polar surface area (TPSA) is 113 Å². The van der Waals surface area contributed by atoms with Crippen molar-refractivity contribution in [2.45, 2.75) is 6.92 Å². The largest absolute Gasteiger partial charge is 0.465 e. The van der Waals surface area contributed by atoms with Crippen molar-refractivity contribution in [2.75, 3.05) is 10.6 Å². The number of hydrogen-bond donors (Lipinski definition) is 3. The molecule has 8 nitrogen and oxygen atoms in total. The molecule has 0 saturated heterocycles. The molecule has 3 N–H and O–H groups in total. The van der Waals surface area contributed by atoms with E-state index in [9.17, 15) is 18.4 Å². The van der Waals surface area contributed by atoms with Gasteiger partial charge >= 0.3 is 6.09 Å². The number of rotatable bonds is 4. The van der Waals surface area contributed by atoms with Crippen molar-refractivity contribution in [3.05, 3.63) is 35.9 Å². The summed E-state index contributed by atoms with van der Waals surface area (Å²) in [7, 11) is 0. The maximum absolute atomic E-state index is 13.9. The number of fused-ring (bicyclic) bond motifs is 1. The van der Waals surface area contributed by atoms with Crippen LogP contribution in [0.5, 0.6) is 11.6 Å². The van der Waals surface area contributed by atoms with Crippen molar-refractivity contribution in [2.24, 2.45) is 0 Å². The Bertz CT molecular complexity index is 1020. The summed E-state index contributed by atoms with van der Waals surface area (Å²) in [5, 5.41) is 13.3. The number of ether oxygens (including phenoxy) is 1. The Labute approximate surface area is 148 Å². The van der Waals surface area contributed by atoms with Crippen molar-refractivity contribution < 1.29 is 28.2 Å². The van der Waals surface area contributed by atoms with Gasteiger partial charge in [0, 0.05) is 25.1 Å². The standard InChI is InChI=1S/C15H10F2N4O4S/c1-6(22)18-14-19-9-2-3-12(21-13(9)26-14)25-11-5-10(20-15(23)24)7(16)4-8(11)17/h2-5,20H,1H3,(H,23,24)(H,18,19,22). The van der Waals surface area contributed by atoms with Crippen LogP contribution in [0.25, 0.3) is 10.3 Å². The first-order valence-corrected chi connectivity index (χ1v) is 7.85. The van der Waals surface area contributed by atoms with Crippen molar-refractivity contribution in [3.63, 3.8) is 0 Å². The van der Waals surface area contributed by atoms with Crippen molar-refractivity contribution in [1.29, 1.82) is 0 Å². The van der Waals surface area contributed by atoms with E-state index in [1.165, 1.54) is 13.0 Å². The number of anilines is 2. The number of thiazole rings is 1. The van der Waals surface area contributed by atoms with Crippen LogP contribution in [-0.2, 0) is 4.79 Å². The number of pyridine rings is 1. The van der Waals surface area contributed by atoms with Crippen LogP contribution in [0.4, 0.5) is 24.4 Å². The predicted octanol–water partition coefficient (Wildman–Crippen LogP) is 3.81. The van der Waals surface area contributed by atoms with E-state index < -0.39 is 29.2 Å². The van der Waals surface area contributed by atoms with Crippen LogP contribution in [0.1, 0.15) is 6.92 Å². The van der Waals surface area contributed by atoms with Crippen LogP contribution in [-0.4, -0.2) is 27.1 Å².